The van der Waals surface area contributed by atoms with Crippen LogP contribution in [0.25, 0.3) is 0 Å². The number of primary amides is 1. The maximum atomic E-state index is 12.7. The first-order chi connectivity index (χ1) is 10.8. The van der Waals surface area contributed by atoms with Crippen molar-refractivity contribution < 1.29 is 17.9 Å². The molecule has 1 unspecified atom stereocenters. The summed E-state index contributed by atoms with van der Waals surface area (Å²) in [6, 6.07) is 4.20. The molecule has 7 nitrogen and oxygen atoms in total. The number of carbonyl (C=O) groups excluding carboxylic acids is 1. The van der Waals surface area contributed by atoms with Crippen molar-refractivity contribution in [3.8, 4) is 5.75 Å². The lowest BCUT2D eigenvalue weighted by atomic mass is 9.92. The molecule has 1 aromatic carbocycles. The fourth-order valence-electron chi connectivity index (χ4n) is 2.83. The van der Waals surface area contributed by atoms with Crippen LogP contribution in [0.2, 0.25) is 0 Å². The minimum absolute atomic E-state index is 0.0475. The van der Waals surface area contributed by atoms with Crippen LogP contribution >= 0.6 is 0 Å². The average molecular weight is 341 g/mol. The van der Waals surface area contributed by atoms with Crippen LogP contribution in [0.5, 0.6) is 5.75 Å². The Balaban J connectivity index is 2.27. The topological polar surface area (TPSA) is 116 Å². The van der Waals surface area contributed by atoms with Crippen molar-refractivity contribution in [3.05, 3.63) is 23.8 Å². The minimum atomic E-state index is -3.66. The fourth-order valence-corrected chi connectivity index (χ4v) is 4.33. The number of hydrogen-bond acceptors (Lipinski definition) is 5. The molecule has 1 amide bonds. The Bertz CT molecular complexity index is 680. The molecule has 128 valence electrons. The number of rotatable bonds is 5. The van der Waals surface area contributed by atoms with Gasteiger partial charge in [-0.1, -0.05) is 0 Å². The number of ether oxygens (including phenoxy) is 1. The number of benzene rings is 1. The number of amides is 1. The van der Waals surface area contributed by atoms with Gasteiger partial charge in [-0.2, -0.15) is 4.31 Å². The van der Waals surface area contributed by atoms with Gasteiger partial charge in [-0.3, -0.25) is 4.79 Å². The van der Waals surface area contributed by atoms with Crippen molar-refractivity contribution >= 4 is 15.9 Å². The van der Waals surface area contributed by atoms with Gasteiger partial charge in [0.05, 0.1) is 17.6 Å². The summed E-state index contributed by atoms with van der Waals surface area (Å²) in [5, 5.41) is 0. The Kier molecular flexibility index (Phi) is 5.28. The number of piperidine rings is 1. The zero-order valence-corrected chi connectivity index (χ0v) is 14.2. The maximum absolute atomic E-state index is 12.7. The van der Waals surface area contributed by atoms with Crippen molar-refractivity contribution in [1.29, 1.82) is 0 Å². The smallest absolute Gasteiger partial charge is 0.252 e. The summed E-state index contributed by atoms with van der Waals surface area (Å²) in [6.45, 7) is 2.79. The summed E-state index contributed by atoms with van der Waals surface area (Å²) in [4.78, 5) is 11.5. The SMILES string of the molecule is COc1ccc(S(=O)(=O)N2CCC(C(C)N)CC2)cc1C(N)=O. The first kappa shape index (κ1) is 17.7. The van der Waals surface area contributed by atoms with Gasteiger partial charge in [0.2, 0.25) is 10.0 Å². The molecule has 0 saturated carbocycles. The molecule has 0 spiro atoms. The van der Waals surface area contributed by atoms with Crippen LogP contribution in [-0.2, 0) is 10.0 Å². The molecule has 0 aromatic heterocycles. The summed E-state index contributed by atoms with van der Waals surface area (Å²) in [5.41, 5.74) is 11.2. The first-order valence-corrected chi connectivity index (χ1v) is 8.95. The van der Waals surface area contributed by atoms with Gasteiger partial charge in [0.25, 0.3) is 5.91 Å². The lowest BCUT2D eigenvalue weighted by Gasteiger charge is -2.33. The van der Waals surface area contributed by atoms with Crippen LogP contribution in [0.4, 0.5) is 0 Å². The van der Waals surface area contributed by atoms with E-state index in [4.69, 9.17) is 16.2 Å². The van der Waals surface area contributed by atoms with Crippen molar-refractivity contribution in [3.63, 3.8) is 0 Å². The van der Waals surface area contributed by atoms with Gasteiger partial charge in [-0.15, -0.1) is 0 Å². The third-order valence-corrected chi connectivity index (χ3v) is 6.21. The van der Waals surface area contributed by atoms with Crippen LogP contribution in [0, 0.1) is 5.92 Å². The van der Waals surface area contributed by atoms with E-state index in [1.54, 1.807) is 0 Å². The van der Waals surface area contributed by atoms with Crippen LogP contribution in [0.3, 0.4) is 0 Å². The molecule has 1 atom stereocenters. The predicted molar refractivity (Wildman–Crippen MR) is 86.6 cm³/mol. The molecule has 1 fully saturated rings. The van der Waals surface area contributed by atoms with Gasteiger partial charge in [-0.05, 0) is 43.9 Å². The molecule has 0 aliphatic carbocycles. The van der Waals surface area contributed by atoms with Crippen LogP contribution in [0.1, 0.15) is 30.1 Å². The van der Waals surface area contributed by atoms with Crippen molar-refractivity contribution in [1.82, 2.24) is 4.31 Å². The third kappa shape index (κ3) is 3.65. The van der Waals surface area contributed by atoms with E-state index in [0.29, 0.717) is 19.0 Å². The molecule has 0 radical (unpaired) electrons. The summed E-state index contributed by atoms with van der Waals surface area (Å²) in [6.07, 6.45) is 1.46. The molecule has 1 aliphatic heterocycles. The number of hydrogen-bond donors (Lipinski definition) is 2. The normalized spacial score (nSPS) is 18.6. The van der Waals surface area contributed by atoms with E-state index in [2.05, 4.69) is 0 Å². The van der Waals surface area contributed by atoms with Gasteiger partial charge in [-0.25, -0.2) is 8.42 Å². The van der Waals surface area contributed by atoms with E-state index in [9.17, 15) is 13.2 Å². The van der Waals surface area contributed by atoms with E-state index in [0.717, 1.165) is 12.8 Å². The Hall–Kier alpha value is -1.64. The monoisotopic (exact) mass is 341 g/mol. The second-order valence-corrected chi connectivity index (χ2v) is 7.76. The number of methoxy groups -OCH3 is 1. The second kappa shape index (κ2) is 6.86. The van der Waals surface area contributed by atoms with Gasteiger partial charge < -0.3 is 16.2 Å². The van der Waals surface area contributed by atoms with Crippen LogP contribution in [-0.4, -0.2) is 44.9 Å². The lowest BCUT2D eigenvalue weighted by molar-refractivity contribution is 0.0997. The molecule has 8 heteroatoms. The van der Waals surface area contributed by atoms with Gasteiger partial charge >= 0.3 is 0 Å². The summed E-state index contributed by atoms with van der Waals surface area (Å²) < 4.78 is 31.9. The summed E-state index contributed by atoms with van der Waals surface area (Å²) in [5.74, 6) is -0.139. The minimum Gasteiger partial charge on any atom is -0.496 e. The molecular formula is C15H23N3O4S. The Morgan fingerprint density at radius 2 is 1.96 bits per heavy atom. The highest BCUT2D eigenvalue weighted by Gasteiger charge is 2.31. The van der Waals surface area contributed by atoms with Gasteiger partial charge in [0.15, 0.2) is 0 Å². The van der Waals surface area contributed by atoms with E-state index < -0.39 is 15.9 Å². The summed E-state index contributed by atoms with van der Waals surface area (Å²) in [7, 11) is -2.27. The molecule has 1 heterocycles. The number of carbonyl (C=O) groups is 1. The zero-order chi connectivity index (χ0) is 17.2. The second-order valence-electron chi connectivity index (χ2n) is 5.83. The molecular weight excluding hydrogens is 318 g/mol. The van der Waals surface area contributed by atoms with Crippen molar-refractivity contribution in [2.24, 2.45) is 17.4 Å². The van der Waals surface area contributed by atoms with E-state index in [-0.39, 0.29) is 22.3 Å². The highest BCUT2D eigenvalue weighted by molar-refractivity contribution is 7.89. The Morgan fingerprint density at radius 3 is 2.43 bits per heavy atom. The number of sulfonamides is 1. The van der Waals surface area contributed by atoms with Crippen LogP contribution < -0.4 is 16.2 Å². The van der Waals surface area contributed by atoms with E-state index in [1.165, 1.54) is 29.6 Å². The zero-order valence-electron chi connectivity index (χ0n) is 13.4. The fraction of sp³-hybridized carbons (Fsp3) is 0.533. The molecule has 1 saturated heterocycles. The first-order valence-electron chi connectivity index (χ1n) is 7.51. The summed E-state index contributed by atoms with van der Waals surface area (Å²) >= 11 is 0. The van der Waals surface area contributed by atoms with E-state index in [1.807, 2.05) is 6.92 Å². The molecule has 0 bridgehead atoms. The average Bonchev–Trinajstić information content (AvgIpc) is 2.54. The van der Waals surface area contributed by atoms with Gasteiger partial charge in [0, 0.05) is 19.1 Å². The highest BCUT2D eigenvalue weighted by Crippen LogP contribution is 2.28. The van der Waals surface area contributed by atoms with Crippen molar-refractivity contribution in [2.75, 3.05) is 20.2 Å². The molecule has 1 aliphatic rings. The lowest BCUT2D eigenvalue weighted by Crippen LogP contribution is -2.42. The molecule has 4 N–H and O–H groups in total. The molecule has 23 heavy (non-hydrogen) atoms. The maximum Gasteiger partial charge on any atom is 0.252 e. The standard InChI is InChI=1S/C15H23N3O4S/c1-10(16)11-5-7-18(8-6-11)23(20,21)12-3-4-14(22-2)13(9-12)15(17)19/h3-4,9-11H,5-8,16H2,1-2H3,(H2,17,19). The van der Waals surface area contributed by atoms with Crippen molar-refractivity contribution in [2.45, 2.75) is 30.7 Å². The predicted octanol–water partition coefficient (Wildman–Crippen LogP) is 0.542. The van der Waals surface area contributed by atoms with Gasteiger partial charge in [0.1, 0.15) is 5.75 Å². The number of nitrogens with two attached hydrogens (primary N) is 2. The third-order valence-electron chi connectivity index (χ3n) is 4.32. The van der Waals surface area contributed by atoms with E-state index >= 15 is 0 Å². The molecule has 1 aromatic rings. The Morgan fingerprint density at radius 1 is 1.35 bits per heavy atom. The quantitative estimate of drug-likeness (QED) is 0.811. The van der Waals surface area contributed by atoms with Crippen LogP contribution in [0.15, 0.2) is 23.1 Å². The Labute approximate surface area is 136 Å². The largest absolute Gasteiger partial charge is 0.496 e. The highest BCUT2D eigenvalue weighted by atomic mass is 32.2. The number of nitrogens with zero attached hydrogens (tertiary/aromatic N) is 1. The molecule has 2 rings (SSSR count).